The fourth-order valence-corrected chi connectivity index (χ4v) is 15.9. The zero-order valence-corrected chi connectivity index (χ0v) is 62.7. The number of anilines is 4. The largest absolute Gasteiger partial charge is 0.497 e. The van der Waals surface area contributed by atoms with E-state index in [1.807, 2.05) is 109 Å². The van der Waals surface area contributed by atoms with Crippen molar-refractivity contribution >= 4 is 122 Å². The number of halogens is 2. The molecule has 0 spiro atoms. The second kappa shape index (κ2) is 30.6. The van der Waals surface area contributed by atoms with Gasteiger partial charge in [0.25, 0.3) is 22.2 Å². The van der Waals surface area contributed by atoms with Crippen LogP contribution in [0.1, 0.15) is 20.3 Å². The highest BCUT2D eigenvalue weighted by Crippen LogP contribution is 2.35. The standard InChI is InChI=1S/C23H23FN4O.C21H21N5O2.C21H21N5O.C20H18ClN5O/c1-14-8-15(2)13-27(12-14)21-10-20-17(9-19(21)24)22-18(11-25-20)23(29)28(26-22)16-6-4-3-5-7-16;1-28-16-5-2-14(3-6-16)26-21(27)18-13-23-19-12-15(25-10-8-22-9-11-25)4-7-17(19)20(18)24-26;1-24-9-11-25(12-10-24)16-7-8-17-19(13-16)22-14-18-20(17)23-26(21(18)27)15-5-3-2-4-6-15;21-13-1-3-14(4-2-13)26-20(27)17-12-23-18-11-15(25-9-7-22-8-10-25)5-6-16(18)19(17)24-26/h3-7,9-11,14-15,26H,8,12-13H2,1-2H3;2-7,12-13,22,24H,8-11H2,1H3;2-8,13-14,23H,9-12H2,1H3;1-6,11-12,22,24H,7-10H2. The fourth-order valence-electron chi connectivity index (χ4n) is 15.8. The molecule has 6 N–H and O–H groups in total. The Morgan fingerprint density at radius 1 is 0.387 bits per heavy atom. The lowest BCUT2D eigenvalue weighted by Crippen LogP contribution is -2.44. The van der Waals surface area contributed by atoms with Gasteiger partial charge in [0, 0.05) is 160 Å². The molecule has 26 heteroatoms. The van der Waals surface area contributed by atoms with Crippen LogP contribution in [0.5, 0.6) is 5.75 Å². The summed E-state index contributed by atoms with van der Waals surface area (Å²) in [4.78, 5) is 81.1. The maximum Gasteiger partial charge on any atom is 0.280 e. The molecule has 2 atom stereocenters. The molecule has 562 valence electrons. The van der Waals surface area contributed by atoms with Crippen LogP contribution in [0.3, 0.4) is 0 Å². The van der Waals surface area contributed by atoms with Crippen LogP contribution in [0.4, 0.5) is 27.1 Å². The number of piperidine rings is 1. The second-order valence-corrected chi connectivity index (χ2v) is 29.5. The van der Waals surface area contributed by atoms with Crippen molar-refractivity contribution in [1.82, 2.24) is 74.6 Å². The number of nitrogens with one attached hydrogen (secondary N) is 6. The van der Waals surface area contributed by atoms with Crippen LogP contribution < -0.4 is 57.2 Å². The number of aromatic amines is 4. The van der Waals surface area contributed by atoms with Gasteiger partial charge in [0.1, 0.15) is 11.6 Å². The molecule has 0 radical (unpaired) electrons. The second-order valence-electron chi connectivity index (χ2n) is 29.1. The maximum absolute atomic E-state index is 15.1. The quantitative estimate of drug-likeness (QED) is 0.0786. The van der Waals surface area contributed by atoms with Crippen LogP contribution >= 0.6 is 11.6 Å². The van der Waals surface area contributed by atoms with Gasteiger partial charge < -0.3 is 39.9 Å². The third-order valence-corrected chi connectivity index (χ3v) is 21.9. The summed E-state index contributed by atoms with van der Waals surface area (Å²) in [5, 5.41) is 26.0. The number of rotatable bonds is 9. The summed E-state index contributed by atoms with van der Waals surface area (Å²) >= 11 is 5.96. The monoisotopic (exact) mass is 1500 g/mol. The molecule has 20 rings (SSSR count). The van der Waals surface area contributed by atoms with Crippen molar-refractivity contribution in [2.75, 3.05) is 125 Å². The van der Waals surface area contributed by atoms with Crippen LogP contribution in [-0.4, -0.2) is 170 Å². The van der Waals surface area contributed by atoms with E-state index in [1.54, 1.807) is 53.4 Å². The highest BCUT2D eigenvalue weighted by molar-refractivity contribution is 6.30. The number of pyridine rings is 4. The Morgan fingerprint density at radius 2 is 0.730 bits per heavy atom. The van der Waals surface area contributed by atoms with Crippen molar-refractivity contribution in [3.8, 4) is 28.5 Å². The van der Waals surface area contributed by atoms with E-state index < -0.39 is 0 Å². The summed E-state index contributed by atoms with van der Waals surface area (Å²) in [6.07, 6.45) is 7.75. The molecular weight excluding hydrogens is 1420 g/mol. The van der Waals surface area contributed by atoms with Crippen LogP contribution in [0.15, 0.2) is 220 Å². The summed E-state index contributed by atoms with van der Waals surface area (Å²) in [6.45, 7) is 18.2. The first-order chi connectivity index (χ1) is 54.2. The third kappa shape index (κ3) is 14.2. The molecule has 8 aromatic carbocycles. The average molecular weight is 1510 g/mol. The zero-order chi connectivity index (χ0) is 76.0. The first kappa shape index (κ1) is 71.5. The summed E-state index contributed by atoms with van der Waals surface area (Å²) in [6, 6.07) is 55.7. The van der Waals surface area contributed by atoms with Crippen molar-refractivity contribution in [2.24, 2.45) is 11.8 Å². The number of benzene rings is 8. The van der Waals surface area contributed by atoms with Gasteiger partial charge in [-0.25, -0.2) is 23.1 Å². The molecule has 0 bridgehead atoms. The summed E-state index contributed by atoms with van der Waals surface area (Å²) in [5.74, 6) is 1.53. The van der Waals surface area contributed by atoms with Crippen LogP contribution in [-0.2, 0) is 0 Å². The molecule has 111 heavy (non-hydrogen) atoms. The molecule has 0 aliphatic carbocycles. The lowest BCUT2D eigenvalue weighted by Gasteiger charge is -2.36. The van der Waals surface area contributed by atoms with E-state index in [2.05, 4.69) is 145 Å². The Balaban J connectivity index is 0.000000108. The summed E-state index contributed by atoms with van der Waals surface area (Å²) < 4.78 is 26.5. The number of nitrogens with zero attached hydrogens (tertiary/aromatic N) is 13. The minimum absolute atomic E-state index is 0.0752. The van der Waals surface area contributed by atoms with Gasteiger partial charge in [-0.15, -0.1) is 0 Å². The first-order valence-corrected chi connectivity index (χ1v) is 38.0. The smallest absolute Gasteiger partial charge is 0.280 e. The molecule has 16 aromatic rings. The zero-order valence-electron chi connectivity index (χ0n) is 61.9. The number of fused-ring (bicyclic) bond motifs is 12. The predicted molar refractivity (Wildman–Crippen MR) is 443 cm³/mol. The number of hydrogen-bond donors (Lipinski definition) is 6. The van der Waals surface area contributed by atoms with E-state index in [0.717, 1.165) is 181 Å². The number of hydrogen-bond acceptors (Lipinski definition) is 16. The van der Waals surface area contributed by atoms with Crippen LogP contribution in [0.25, 0.3) is 110 Å². The maximum atomic E-state index is 15.1. The van der Waals surface area contributed by atoms with Gasteiger partial charge in [-0.3, -0.25) is 59.5 Å². The molecule has 24 nitrogen and oxygen atoms in total. The fraction of sp³-hybridized carbons (Fsp3) is 0.247. The molecule has 4 fully saturated rings. The number of piperazine rings is 3. The number of para-hydroxylation sites is 2. The van der Waals surface area contributed by atoms with E-state index in [1.165, 1.54) is 27.5 Å². The third-order valence-electron chi connectivity index (χ3n) is 21.6. The molecule has 0 amide bonds. The Labute approximate surface area is 640 Å². The molecule has 8 aromatic heterocycles. The van der Waals surface area contributed by atoms with Gasteiger partial charge in [-0.2, -0.15) is 0 Å². The molecule has 4 aliphatic heterocycles. The Kier molecular flexibility index (Phi) is 19.7. The molecule has 12 heterocycles. The van der Waals surface area contributed by atoms with Gasteiger partial charge in [0.05, 0.1) is 101 Å². The minimum atomic E-state index is -0.276. The Bertz CT molecular complexity index is 6360. The lowest BCUT2D eigenvalue weighted by atomic mass is 9.91. The molecule has 0 saturated carbocycles. The van der Waals surface area contributed by atoms with Crippen molar-refractivity contribution in [3.63, 3.8) is 0 Å². The number of likely N-dealkylation sites (N-methyl/N-ethyl adjacent to an activating group) is 1. The van der Waals surface area contributed by atoms with E-state index in [0.29, 0.717) is 60.5 Å². The molecule has 4 saturated heterocycles. The first-order valence-electron chi connectivity index (χ1n) is 37.6. The number of aromatic nitrogens is 12. The Morgan fingerprint density at radius 3 is 1.12 bits per heavy atom. The summed E-state index contributed by atoms with van der Waals surface area (Å²) in [5.41, 5.74) is 13.0. The van der Waals surface area contributed by atoms with Crippen LogP contribution in [0, 0.1) is 17.7 Å². The van der Waals surface area contributed by atoms with Crippen molar-refractivity contribution in [1.29, 1.82) is 0 Å². The molecule has 4 aliphatic rings. The van der Waals surface area contributed by atoms with Crippen molar-refractivity contribution < 1.29 is 9.13 Å². The SMILES string of the molecule is CC1CC(C)CN(c2cc3ncc4c(=O)n(-c5ccccc5)[nH]c4c3cc2F)C1.CN1CCN(c2ccc3c(c2)ncc2c(=O)n(-c4ccccc4)[nH]c23)CC1.COc1ccc(-n2[nH]c3c(cnc4cc(N5CCNCC5)ccc43)c2=O)cc1.O=c1c2cnc3cc(N4CCNCC4)ccc3c2[nH]n1-c1ccc(Cl)cc1. The van der Waals surface area contributed by atoms with E-state index in [9.17, 15) is 19.2 Å². The number of methoxy groups -OCH3 is 1. The topological polar surface area (TPSA) is 252 Å². The van der Waals surface area contributed by atoms with Gasteiger partial charge in [0.2, 0.25) is 0 Å². The number of H-pyrrole nitrogens is 4. The highest BCUT2D eigenvalue weighted by Gasteiger charge is 2.27. The summed E-state index contributed by atoms with van der Waals surface area (Å²) in [7, 11) is 3.78. The van der Waals surface area contributed by atoms with E-state index >= 15 is 4.39 Å². The molecular formula is C85H83ClFN19O5. The average Bonchev–Trinajstić information content (AvgIpc) is 1.65. The number of ether oxygens (including phenoxy) is 1. The normalized spacial score (nSPS) is 16.3. The van der Waals surface area contributed by atoms with Crippen LogP contribution in [0.2, 0.25) is 5.02 Å². The highest BCUT2D eigenvalue weighted by atomic mass is 35.5. The minimum Gasteiger partial charge on any atom is -0.497 e. The van der Waals surface area contributed by atoms with Gasteiger partial charge in [-0.05, 0) is 165 Å². The van der Waals surface area contributed by atoms with Crippen molar-refractivity contribution in [2.45, 2.75) is 20.3 Å². The van der Waals surface area contributed by atoms with Gasteiger partial charge in [0.15, 0.2) is 0 Å². The van der Waals surface area contributed by atoms with Gasteiger partial charge >= 0.3 is 0 Å². The van der Waals surface area contributed by atoms with E-state index in [-0.39, 0.29) is 28.1 Å². The Hall–Kier alpha value is -12.4. The van der Waals surface area contributed by atoms with Gasteiger partial charge in [-0.1, -0.05) is 61.8 Å². The predicted octanol–water partition coefficient (Wildman–Crippen LogP) is 12.3. The molecule has 2 unspecified atom stereocenters. The lowest BCUT2D eigenvalue weighted by molar-refractivity contribution is 0.313. The van der Waals surface area contributed by atoms with Crippen molar-refractivity contribution in [3.05, 3.63) is 253 Å². The van der Waals surface area contributed by atoms with E-state index in [4.69, 9.17) is 16.3 Å².